The number of H-pyrrole nitrogens is 1. The molecule has 0 aliphatic carbocycles. The van der Waals surface area contributed by atoms with E-state index < -0.39 is 21.8 Å². The molecule has 1 heterocycles. The number of para-hydroxylation sites is 1. The maximum atomic E-state index is 12.3. The molecule has 146 valence electrons. The highest BCUT2D eigenvalue weighted by molar-refractivity contribution is 7.89. The van der Waals surface area contributed by atoms with Crippen molar-refractivity contribution in [2.24, 2.45) is 0 Å². The molecule has 0 radical (unpaired) electrons. The molecule has 0 saturated carbocycles. The Hall–Kier alpha value is -3.17. The van der Waals surface area contributed by atoms with Gasteiger partial charge in [0.1, 0.15) is 0 Å². The average Bonchev–Trinajstić information content (AvgIpc) is 3.09. The minimum atomic E-state index is -3.66. The second-order valence-corrected chi connectivity index (χ2v) is 8.51. The maximum absolute atomic E-state index is 12.3. The zero-order chi connectivity index (χ0) is 20.3. The van der Waals surface area contributed by atoms with Crippen LogP contribution in [0.5, 0.6) is 0 Å². The van der Waals surface area contributed by atoms with Crippen molar-refractivity contribution in [2.45, 2.75) is 11.3 Å². The van der Waals surface area contributed by atoms with E-state index in [4.69, 9.17) is 0 Å². The first-order valence-electron chi connectivity index (χ1n) is 8.46. The smallest absolute Gasteiger partial charge is 0.269 e. The highest BCUT2D eigenvalue weighted by atomic mass is 32.2. The molecular formula is C19H20N4O4S. The highest BCUT2D eigenvalue weighted by Gasteiger charge is 2.19. The number of hydrazine groups is 1. The van der Waals surface area contributed by atoms with Gasteiger partial charge in [0.05, 0.1) is 11.3 Å². The number of sulfonamides is 1. The summed E-state index contributed by atoms with van der Waals surface area (Å²) >= 11 is 0. The Bertz CT molecular complexity index is 1140. The van der Waals surface area contributed by atoms with Crippen LogP contribution in [0.25, 0.3) is 10.9 Å². The summed E-state index contributed by atoms with van der Waals surface area (Å²) in [6.45, 7) is 0. The molecule has 0 aliphatic heterocycles. The third kappa shape index (κ3) is 4.05. The minimum absolute atomic E-state index is 0.00438. The van der Waals surface area contributed by atoms with Crippen LogP contribution in [0, 0.1) is 0 Å². The summed E-state index contributed by atoms with van der Waals surface area (Å²) in [5.41, 5.74) is 6.51. The van der Waals surface area contributed by atoms with Gasteiger partial charge in [0, 0.05) is 36.8 Å². The Morgan fingerprint density at radius 1 is 1.04 bits per heavy atom. The van der Waals surface area contributed by atoms with Crippen LogP contribution in [0.4, 0.5) is 0 Å². The number of hydrogen-bond acceptors (Lipinski definition) is 4. The Balaban J connectivity index is 1.65. The van der Waals surface area contributed by atoms with Gasteiger partial charge in [-0.3, -0.25) is 20.4 Å². The van der Waals surface area contributed by atoms with E-state index in [1.165, 1.54) is 38.4 Å². The molecule has 0 saturated heterocycles. The predicted octanol–water partition coefficient (Wildman–Crippen LogP) is 1.42. The second kappa shape index (κ2) is 7.83. The molecule has 0 atom stereocenters. The van der Waals surface area contributed by atoms with Gasteiger partial charge in [0.2, 0.25) is 15.9 Å². The fourth-order valence-electron chi connectivity index (χ4n) is 2.70. The highest BCUT2D eigenvalue weighted by Crippen LogP contribution is 2.18. The van der Waals surface area contributed by atoms with E-state index in [0.29, 0.717) is 0 Å². The number of benzene rings is 2. The van der Waals surface area contributed by atoms with Gasteiger partial charge in [-0.25, -0.2) is 12.7 Å². The number of amides is 2. The number of aromatic nitrogens is 1. The molecule has 28 heavy (non-hydrogen) atoms. The summed E-state index contributed by atoms with van der Waals surface area (Å²) in [5.74, 6) is -1.00. The van der Waals surface area contributed by atoms with Crippen LogP contribution in [0.1, 0.15) is 15.9 Å². The summed E-state index contributed by atoms with van der Waals surface area (Å²) in [4.78, 5) is 27.5. The Labute approximate surface area is 162 Å². The molecule has 9 heteroatoms. The molecule has 3 N–H and O–H groups in total. The van der Waals surface area contributed by atoms with E-state index in [2.05, 4.69) is 15.8 Å². The first-order chi connectivity index (χ1) is 13.3. The molecule has 0 aliphatic rings. The molecular weight excluding hydrogens is 380 g/mol. The van der Waals surface area contributed by atoms with Gasteiger partial charge < -0.3 is 4.98 Å². The fraction of sp³-hybridized carbons (Fsp3) is 0.158. The van der Waals surface area contributed by atoms with Crippen molar-refractivity contribution in [1.29, 1.82) is 0 Å². The minimum Gasteiger partial charge on any atom is -0.361 e. The first-order valence-corrected chi connectivity index (χ1v) is 9.90. The summed E-state index contributed by atoms with van der Waals surface area (Å²) in [6.07, 6.45) is 1.83. The van der Waals surface area contributed by atoms with E-state index in [0.717, 1.165) is 20.8 Å². The summed E-state index contributed by atoms with van der Waals surface area (Å²) < 4.78 is 25.4. The maximum Gasteiger partial charge on any atom is 0.269 e. The molecule has 8 nitrogen and oxygen atoms in total. The van der Waals surface area contributed by atoms with E-state index >= 15 is 0 Å². The topological polar surface area (TPSA) is 111 Å². The zero-order valence-electron chi connectivity index (χ0n) is 15.4. The molecule has 2 amide bonds. The van der Waals surface area contributed by atoms with Crippen LogP contribution in [-0.2, 0) is 21.2 Å². The summed E-state index contributed by atoms with van der Waals surface area (Å²) in [5, 5.41) is 0.936. The van der Waals surface area contributed by atoms with Crippen LogP contribution in [0.15, 0.2) is 59.6 Å². The quantitative estimate of drug-likeness (QED) is 0.563. The van der Waals surface area contributed by atoms with Crippen LogP contribution < -0.4 is 10.9 Å². The molecule has 1 aromatic heterocycles. The lowest BCUT2D eigenvalue weighted by Crippen LogP contribution is -2.42. The SMILES string of the molecule is CN(C)S(=O)(=O)c1cccc(C(=O)NNC(=O)Cc2c[nH]c3ccccc23)c1. The van der Waals surface area contributed by atoms with Crippen molar-refractivity contribution in [3.8, 4) is 0 Å². The number of carbonyl (C=O) groups excluding carboxylic acids is 2. The molecule has 0 unspecified atom stereocenters. The molecule has 3 rings (SSSR count). The monoisotopic (exact) mass is 400 g/mol. The third-order valence-corrected chi connectivity index (χ3v) is 6.03. The standard InChI is InChI=1S/C19H20N4O4S/c1-23(2)28(26,27)15-7-5-6-13(10-15)19(25)22-21-18(24)11-14-12-20-17-9-4-3-8-16(14)17/h3-10,12,20H,11H2,1-2H3,(H,21,24)(H,22,25). The summed E-state index contributed by atoms with van der Waals surface area (Å²) in [7, 11) is -0.837. The largest absolute Gasteiger partial charge is 0.361 e. The van der Waals surface area contributed by atoms with Crippen LogP contribution in [-0.4, -0.2) is 43.6 Å². The number of carbonyl (C=O) groups is 2. The number of hydrogen-bond donors (Lipinski definition) is 3. The lowest BCUT2D eigenvalue weighted by molar-refractivity contribution is -0.121. The van der Waals surface area contributed by atoms with Crippen molar-refractivity contribution >= 4 is 32.7 Å². The van der Waals surface area contributed by atoms with Gasteiger partial charge in [-0.05, 0) is 29.8 Å². The third-order valence-electron chi connectivity index (χ3n) is 4.22. The summed E-state index contributed by atoms with van der Waals surface area (Å²) in [6, 6.07) is 13.2. The van der Waals surface area contributed by atoms with Gasteiger partial charge >= 0.3 is 0 Å². The van der Waals surface area contributed by atoms with Crippen molar-refractivity contribution in [3.05, 3.63) is 65.9 Å². The number of nitrogens with zero attached hydrogens (tertiary/aromatic N) is 1. The average molecular weight is 400 g/mol. The second-order valence-electron chi connectivity index (χ2n) is 6.35. The lowest BCUT2D eigenvalue weighted by atomic mass is 10.1. The number of fused-ring (bicyclic) bond motifs is 1. The predicted molar refractivity (Wildman–Crippen MR) is 105 cm³/mol. The Morgan fingerprint density at radius 3 is 2.54 bits per heavy atom. The fourth-order valence-corrected chi connectivity index (χ4v) is 3.65. The van der Waals surface area contributed by atoms with Gasteiger partial charge in [-0.2, -0.15) is 0 Å². The van der Waals surface area contributed by atoms with E-state index in [9.17, 15) is 18.0 Å². The Morgan fingerprint density at radius 2 is 1.79 bits per heavy atom. The van der Waals surface area contributed by atoms with Crippen LogP contribution >= 0.6 is 0 Å². The molecule has 2 aromatic carbocycles. The van der Waals surface area contributed by atoms with Crippen molar-refractivity contribution in [1.82, 2.24) is 20.1 Å². The van der Waals surface area contributed by atoms with E-state index in [-0.39, 0.29) is 16.9 Å². The number of aromatic amines is 1. The van der Waals surface area contributed by atoms with E-state index in [1.807, 2.05) is 24.3 Å². The van der Waals surface area contributed by atoms with Crippen LogP contribution in [0.3, 0.4) is 0 Å². The molecule has 0 spiro atoms. The van der Waals surface area contributed by atoms with Crippen molar-refractivity contribution in [2.75, 3.05) is 14.1 Å². The molecule has 3 aromatic rings. The zero-order valence-corrected chi connectivity index (χ0v) is 16.2. The normalized spacial score (nSPS) is 11.5. The first kappa shape index (κ1) is 19.6. The van der Waals surface area contributed by atoms with Crippen LogP contribution in [0.2, 0.25) is 0 Å². The number of rotatable bonds is 5. The van der Waals surface area contributed by atoms with Gasteiger partial charge in [-0.1, -0.05) is 24.3 Å². The van der Waals surface area contributed by atoms with Gasteiger partial charge in [0.25, 0.3) is 5.91 Å². The molecule has 0 bridgehead atoms. The van der Waals surface area contributed by atoms with Gasteiger partial charge in [-0.15, -0.1) is 0 Å². The van der Waals surface area contributed by atoms with Gasteiger partial charge in [0.15, 0.2) is 0 Å². The van der Waals surface area contributed by atoms with E-state index in [1.54, 1.807) is 6.20 Å². The van der Waals surface area contributed by atoms with Crippen molar-refractivity contribution < 1.29 is 18.0 Å². The van der Waals surface area contributed by atoms with Crippen molar-refractivity contribution in [3.63, 3.8) is 0 Å². The molecule has 0 fully saturated rings. The Kier molecular flexibility index (Phi) is 5.48. The number of nitrogens with one attached hydrogen (secondary N) is 3. The lowest BCUT2D eigenvalue weighted by Gasteiger charge is -2.12.